The minimum atomic E-state index is -0.813. The summed E-state index contributed by atoms with van der Waals surface area (Å²) in [5.41, 5.74) is 1.63. The molecule has 2 N–H and O–H groups in total. The molecule has 0 bridgehead atoms. The summed E-state index contributed by atoms with van der Waals surface area (Å²) >= 11 is 0. The monoisotopic (exact) mass is 303 g/mol. The van der Waals surface area contributed by atoms with E-state index in [1.165, 1.54) is 0 Å². The maximum Gasteiger partial charge on any atom is 0.287 e. The molecule has 2 atom stereocenters. The highest BCUT2D eigenvalue weighted by atomic mass is 16.5. The van der Waals surface area contributed by atoms with E-state index in [2.05, 4.69) is 5.32 Å². The summed E-state index contributed by atoms with van der Waals surface area (Å²) < 4.78 is 10.5. The van der Waals surface area contributed by atoms with Gasteiger partial charge in [0.05, 0.1) is 19.3 Å². The molecule has 118 valence electrons. The topological polar surface area (TPSA) is 71.7 Å². The molecular formula is C17H21NO4. The van der Waals surface area contributed by atoms with Crippen molar-refractivity contribution in [3.8, 4) is 5.75 Å². The van der Waals surface area contributed by atoms with Crippen LogP contribution in [-0.4, -0.2) is 24.2 Å². The predicted octanol–water partition coefficient (Wildman–Crippen LogP) is 2.76. The Bertz CT molecular complexity index is 626. The Balaban J connectivity index is 2.03. The Morgan fingerprint density at radius 2 is 1.91 bits per heavy atom. The van der Waals surface area contributed by atoms with Gasteiger partial charge in [-0.25, -0.2) is 0 Å². The number of carbonyl (C=O) groups is 1. The lowest BCUT2D eigenvalue weighted by Crippen LogP contribution is -2.36. The Labute approximate surface area is 129 Å². The summed E-state index contributed by atoms with van der Waals surface area (Å²) in [5, 5.41) is 13.1. The lowest BCUT2D eigenvalue weighted by Gasteiger charge is -2.20. The number of aryl methyl sites for hydroxylation is 2. The molecular weight excluding hydrogens is 282 g/mol. The van der Waals surface area contributed by atoms with Crippen molar-refractivity contribution < 1.29 is 19.1 Å². The number of hydrogen-bond donors (Lipinski definition) is 2. The van der Waals surface area contributed by atoms with Crippen molar-refractivity contribution in [1.82, 2.24) is 5.32 Å². The van der Waals surface area contributed by atoms with Crippen LogP contribution < -0.4 is 10.1 Å². The zero-order chi connectivity index (χ0) is 16.3. The molecule has 5 heteroatoms. The molecule has 0 saturated carbocycles. The Morgan fingerprint density at radius 3 is 2.41 bits per heavy atom. The Kier molecular flexibility index (Phi) is 4.88. The number of rotatable bonds is 5. The first-order valence-corrected chi connectivity index (χ1v) is 7.12. The molecule has 0 radical (unpaired) electrons. The molecule has 1 aromatic carbocycles. The minimum absolute atomic E-state index is 0.254. The van der Waals surface area contributed by atoms with Crippen LogP contribution in [0, 0.1) is 13.8 Å². The van der Waals surface area contributed by atoms with Crippen molar-refractivity contribution in [3.63, 3.8) is 0 Å². The number of benzene rings is 1. The molecule has 0 aliphatic heterocycles. The minimum Gasteiger partial charge on any atom is -0.497 e. The molecule has 2 rings (SSSR count). The first-order valence-electron chi connectivity index (χ1n) is 7.12. The first-order chi connectivity index (χ1) is 10.4. The summed E-state index contributed by atoms with van der Waals surface area (Å²) in [4.78, 5) is 12.1. The summed E-state index contributed by atoms with van der Waals surface area (Å²) in [5.74, 6) is 1.35. The van der Waals surface area contributed by atoms with E-state index in [1.807, 2.05) is 13.8 Å². The SMILES string of the molecule is COc1ccc(C(O)C(C)NC(=O)c2cc(C)c(C)o2)cc1. The molecule has 2 aromatic rings. The van der Waals surface area contributed by atoms with Gasteiger partial charge in [-0.3, -0.25) is 4.79 Å². The Hall–Kier alpha value is -2.27. The van der Waals surface area contributed by atoms with Gasteiger partial charge >= 0.3 is 0 Å². The molecule has 0 aliphatic carbocycles. The van der Waals surface area contributed by atoms with Crippen LogP contribution in [0.15, 0.2) is 34.7 Å². The fourth-order valence-corrected chi connectivity index (χ4v) is 2.13. The van der Waals surface area contributed by atoms with Crippen LogP contribution in [0.4, 0.5) is 0 Å². The quantitative estimate of drug-likeness (QED) is 0.891. The van der Waals surface area contributed by atoms with E-state index in [-0.39, 0.29) is 11.7 Å². The lowest BCUT2D eigenvalue weighted by molar-refractivity contribution is 0.0824. The van der Waals surface area contributed by atoms with E-state index in [0.29, 0.717) is 17.1 Å². The average molecular weight is 303 g/mol. The number of aliphatic hydroxyl groups excluding tert-OH is 1. The molecule has 2 unspecified atom stereocenters. The van der Waals surface area contributed by atoms with Gasteiger partial charge in [-0.15, -0.1) is 0 Å². The molecule has 5 nitrogen and oxygen atoms in total. The smallest absolute Gasteiger partial charge is 0.287 e. The summed E-state index contributed by atoms with van der Waals surface area (Å²) in [6, 6.07) is 8.32. The molecule has 1 amide bonds. The largest absolute Gasteiger partial charge is 0.497 e. The standard InChI is InChI=1S/C17H21NO4/c1-10-9-15(22-12(10)3)17(20)18-11(2)16(19)13-5-7-14(21-4)8-6-13/h5-9,11,16,19H,1-4H3,(H,18,20). The molecule has 0 fully saturated rings. The van der Waals surface area contributed by atoms with Crippen LogP contribution in [0.2, 0.25) is 0 Å². The molecule has 0 aliphatic rings. The van der Waals surface area contributed by atoms with Gasteiger partial charge in [0.1, 0.15) is 11.5 Å². The van der Waals surface area contributed by atoms with Gasteiger partial charge in [0.25, 0.3) is 5.91 Å². The second-order valence-electron chi connectivity index (χ2n) is 5.33. The van der Waals surface area contributed by atoms with Gasteiger partial charge in [-0.1, -0.05) is 12.1 Å². The number of methoxy groups -OCH3 is 1. The van der Waals surface area contributed by atoms with Crippen molar-refractivity contribution >= 4 is 5.91 Å². The number of nitrogens with one attached hydrogen (secondary N) is 1. The van der Waals surface area contributed by atoms with Crippen molar-refractivity contribution in [2.24, 2.45) is 0 Å². The number of furan rings is 1. The van der Waals surface area contributed by atoms with Crippen LogP contribution in [0.5, 0.6) is 5.75 Å². The van der Waals surface area contributed by atoms with E-state index in [0.717, 1.165) is 5.56 Å². The molecule has 1 heterocycles. The van der Waals surface area contributed by atoms with Crippen molar-refractivity contribution in [2.75, 3.05) is 7.11 Å². The van der Waals surface area contributed by atoms with Gasteiger partial charge < -0.3 is 19.6 Å². The maximum atomic E-state index is 12.1. The number of ether oxygens (including phenoxy) is 1. The number of aliphatic hydroxyl groups is 1. The second kappa shape index (κ2) is 6.66. The van der Waals surface area contributed by atoms with E-state index in [4.69, 9.17) is 9.15 Å². The van der Waals surface area contributed by atoms with Crippen molar-refractivity contribution in [2.45, 2.75) is 32.9 Å². The third-order valence-electron chi connectivity index (χ3n) is 3.68. The number of carbonyl (C=O) groups excluding carboxylic acids is 1. The van der Waals surface area contributed by atoms with E-state index in [1.54, 1.807) is 44.4 Å². The molecule has 0 spiro atoms. The average Bonchev–Trinajstić information content (AvgIpc) is 2.86. The van der Waals surface area contributed by atoms with E-state index in [9.17, 15) is 9.90 Å². The highest BCUT2D eigenvalue weighted by molar-refractivity contribution is 5.92. The highest BCUT2D eigenvalue weighted by Crippen LogP contribution is 2.21. The normalized spacial score (nSPS) is 13.5. The third kappa shape index (κ3) is 3.49. The number of hydrogen-bond acceptors (Lipinski definition) is 4. The van der Waals surface area contributed by atoms with Gasteiger partial charge in [-0.05, 0) is 50.1 Å². The van der Waals surface area contributed by atoms with Crippen LogP contribution >= 0.6 is 0 Å². The maximum absolute atomic E-state index is 12.1. The fraction of sp³-hybridized carbons (Fsp3) is 0.353. The zero-order valence-corrected chi connectivity index (χ0v) is 13.2. The van der Waals surface area contributed by atoms with Gasteiger partial charge in [0, 0.05) is 0 Å². The van der Waals surface area contributed by atoms with Gasteiger partial charge in [0.2, 0.25) is 0 Å². The molecule has 0 saturated heterocycles. The number of amides is 1. The lowest BCUT2D eigenvalue weighted by atomic mass is 10.0. The zero-order valence-electron chi connectivity index (χ0n) is 13.2. The van der Waals surface area contributed by atoms with Crippen LogP contribution in [0.25, 0.3) is 0 Å². The predicted molar refractivity (Wildman–Crippen MR) is 83.1 cm³/mol. The summed E-state index contributed by atoms with van der Waals surface area (Å²) in [6.07, 6.45) is -0.813. The van der Waals surface area contributed by atoms with Gasteiger partial charge in [-0.2, -0.15) is 0 Å². The third-order valence-corrected chi connectivity index (χ3v) is 3.68. The first kappa shape index (κ1) is 16.1. The summed E-state index contributed by atoms with van der Waals surface area (Å²) in [7, 11) is 1.58. The molecule has 1 aromatic heterocycles. The second-order valence-corrected chi connectivity index (χ2v) is 5.33. The van der Waals surface area contributed by atoms with E-state index >= 15 is 0 Å². The fourth-order valence-electron chi connectivity index (χ4n) is 2.13. The van der Waals surface area contributed by atoms with Crippen molar-refractivity contribution in [3.05, 3.63) is 53.0 Å². The van der Waals surface area contributed by atoms with E-state index < -0.39 is 12.1 Å². The van der Waals surface area contributed by atoms with Crippen LogP contribution in [-0.2, 0) is 0 Å². The van der Waals surface area contributed by atoms with Crippen molar-refractivity contribution in [1.29, 1.82) is 0 Å². The van der Waals surface area contributed by atoms with Crippen LogP contribution in [0.1, 0.15) is 40.5 Å². The van der Waals surface area contributed by atoms with Crippen LogP contribution in [0.3, 0.4) is 0 Å². The summed E-state index contributed by atoms with van der Waals surface area (Å²) in [6.45, 7) is 5.43. The molecule has 22 heavy (non-hydrogen) atoms. The Morgan fingerprint density at radius 1 is 1.27 bits per heavy atom. The highest BCUT2D eigenvalue weighted by Gasteiger charge is 2.21. The van der Waals surface area contributed by atoms with Gasteiger partial charge in [0.15, 0.2) is 5.76 Å².